The Morgan fingerprint density at radius 2 is 1.69 bits per heavy atom. The van der Waals surface area contributed by atoms with Gasteiger partial charge in [0.2, 0.25) is 0 Å². The maximum atomic E-state index is 13.5. The van der Waals surface area contributed by atoms with Gasteiger partial charge in [-0.3, -0.25) is 5.10 Å². The molecule has 5 heteroatoms. The van der Waals surface area contributed by atoms with Gasteiger partial charge in [0.1, 0.15) is 5.25 Å². The molecule has 0 amide bonds. The Labute approximate surface area is 174 Å². The van der Waals surface area contributed by atoms with E-state index in [0.717, 1.165) is 55.0 Å². The topological polar surface area (TPSA) is 62.8 Å². The molecule has 3 rings (SSSR count). The Bertz CT molecular complexity index is 1040. The summed E-state index contributed by atoms with van der Waals surface area (Å²) < 4.78 is 27.1. The molecule has 0 radical (unpaired) electrons. The number of nitrogens with zero attached hydrogens (tertiary/aromatic N) is 1. The number of para-hydroxylation sites is 1. The lowest BCUT2D eigenvalue weighted by Crippen LogP contribution is -2.15. The van der Waals surface area contributed by atoms with E-state index in [1.54, 1.807) is 12.1 Å². The number of unbranched alkanes of at least 4 members (excludes halogenated alkanes) is 5. The average Bonchev–Trinajstić information content (AvgIpc) is 3.14. The van der Waals surface area contributed by atoms with Gasteiger partial charge in [0.25, 0.3) is 0 Å². The predicted molar refractivity (Wildman–Crippen MR) is 120 cm³/mol. The van der Waals surface area contributed by atoms with Crippen LogP contribution in [0.15, 0.2) is 66.1 Å². The van der Waals surface area contributed by atoms with E-state index in [1.165, 1.54) is 0 Å². The summed E-state index contributed by atoms with van der Waals surface area (Å²) in [6, 6.07) is 14.8. The highest BCUT2D eigenvalue weighted by molar-refractivity contribution is 7.91. The van der Waals surface area contributed by atoms with Crippen molar-refractivity contribution in [1.82, 2.24) is 10.2 Å². The van der Waals surface area contributed by atoms with Crippen LogP contribution in [0.2, 0.25) is 0 Å². The zero-order chi connectivity index (χ0) is 20.7. The first kappa shape index (κ1) is 21.3. The van der Waals surface area contributed by atoms with Crippen molar-refractivity contribution < 1.29 is 8.42 Å². The molecule has 1 atom stereocenters. The molecule has 0 aliphatic rings. The van der Waals surface area contributed by atoms with Gasteiger partial charge in [0.05, 0.1) is 16.1 Å². The molecular formula is C24H30N2O2S. The van der Waals surface area contributed by atoms with E-state index in [0.29, 0.717) is 17.0 Å². The molecule has 29 heavy (non-hydrogen) atoms. The minimum Gasteiger partial charge on any atom is -0.280 e. The molecule has 1 aromatic heterocycles. The molecule has 0 spiro atoms. The van der Waals surface area contributed by atoms with Gasteiger partial charge in [-0.05, 0) is 44.4 Å². The first-order valence-electron chi connectivity index (χ1n) is 10.4. The summed E-state index contributed by atoms with van der Waals surface area (Å²) in [5, 5.41) is 7.64. The molecule has 1 N–H and O–H groups in total. The third-order valence-electron chi connectivity index (χ3n) is 5.41. The monoisotopic (exact) mass is 410 g/mol. The van der Waals surface area contributed by atoms with Crippen LogP contribution in [0.4, 0.5) is 0 Å². The number of H-pyrrole nitrogens is 1. The molecule has 154 valence electrons. The highest BCUT2D eigenvalue weighted by Crippen LogP contribution is 2.36. The standard InChI is InChI=1S/C24H30N2O2S/c1-3-4-5-6-7-8-9-14-23(24-21-12-10-11-13-22(21)25-26-24)29(27,28)20-17-15-19(2)16-18-20/h3,10-13,15-18,23H,1,4-9,14H2,2H3,(H,25,26). The third-order valence-corrected chi connectivity index (χ3v) is 7.56. The number of rotatable bonds is 11. The Kier molecular flexibility index (Phi) is 7.26. The smallest absolute Gasteiger partial charge is 0.186 e. The summed E-state index contributed by atoms with van der Waals surface area (Å²) in [6.07, 6.45) is 8.92. The van der Waals surface area contributed by atoms with Crippen molar-refractivity contribution in [1.29, 1.82) is 0 Å². The van der Waals surface area contributed by atoms with Crippen molar-refractivity contribution in [2.45, 2.75) is 62.0 Å². The van der Waals surface area contributed by atoms with E-state index in [9.17, 15) is 8.42 Å². The lowest BCUT2D eigenvalue weighted by molar-refractivity contribution is 0.550. The van der Waals surface area contributed by atoms with Crippen LogP contribution in [0.3, 0.4) is 0 Å². The SMILES string of the molecule is C=CCCCCCCCC(c1[nH]nc2ccccc12)S(=O)(=O)c1ccc(C)cc1. The van der Waals surface area contributed by atoms with Crippen molar-refractivity contribution in [2.24, 2.45) is 0 Å². The van der Waals surface area contributed by atoms with E-state index >= 15 is 0 Å². The largest absolute Gasteiger partial charge is 0.280 e. The van der Waals surface area contributed by atoms with E-state index in [1.807, 2.05) is 49.4 Å². The summed E-state index contributed by atoms with van der Waals surface area (Å²) in [5.41, 5.74) is 2.55. The number of sulfone groups is 1. The second-order valence-electron chi connectivity index (χ2n) is 7.63. The molecule has 4 nitrogen and oxygen atoms in total. The summed E-state index contributed by atoms with van der Waals surface area (Å²) in [7, 11) is -3.52. The van der Waals surface area contributed by atoms with Crippen LogP contribution in [0.5, 0.6) is 0 Å². The minimum atomic E-state index is -3.52. The average molecular weight is 411 g/mol. The van der Waals surface area contributed by atoms with Crippen LogP contribution in [0, 0.1) is 6.92 Å². The molecular weight excluding hydrogens is 380 g/mol. The number of nitrogens with one attached hydrogen (secondary N) is 1. The number of aromatic amines is 1. The Balaban J connectivity index is 1.83. The molecule has 1 unspecified atom stereocenters. The van der Waals surface area contributed by atoms with Crippen molar-refractivity contribution in [2.75, 3.05) is 0 Å². The Morgan fingerprint density at radius 3 is 2.45 bits per heavy atom. The predicted octanol–water partition coefficient (Wildman–Crippen LogP) is 6.30. The molecule has 1 heterocycles. The molecule has 2 aromatic carbocycles. The van der Waals surface area contributed by atoms with Crippen molar-refractivity contribution >= 4 is 20.7 Å². The number of hydrogen-bond donors (Lipinski definition) is 1. The number of allylic oxidation sites excluding steroid dienone is 1. The maximum absolute atomic E-state index is 13.5. The summed E-state index contributed by atoms with van der Waals surface area (Å²) >= 11 is 0. The minimum absolute atomic E-state index is 0.373. The lowest BCUT2D eigenvalue weighted by atomic mass is 10.1. The van der Waals surface area contributed by atoms with Gasteiger partial charge in [-0.1, -0.05) is 67.7 Å². The summed E-state index contributed by atoms with van der Waals surface area (Å²) in [4.78, 5) is 0.373. The fraction of sp³-hybridized carbons (Fsp3) is 0.375. The second kappa shape index (κ2) is 9.88. The van der Waals surface area contributed by atoms with Gasteiger partial charge >= 0.3 is 0 Å². The molecule has 0 aliphatic heterocycles. The molecule has 0 saturated heterocycles. The molecule has 0 fully saturated rings. The first-order chi connectivity index (χ1) is 14.0. The van der Waals surface area contributed by atoms with Gasteiger partial charge in [-0.15, -0.1) is 6.58 Å². The fourth-order valence-corrected chi connectivity index (χ4v) is 5.53. The number of aromatic nitrogens is 2. The summed E-state index contributed by atoms with van der Waals surface area (Å²) in [6.45, 7) is 5.72. The maximum Gasteiger partial charge on any atom is 0.186 e. The quantitative estimate of drug-likeness (QED) is 0.298. The Morgan fingerprint density at radius 1 is 1.00 bits per heavy atom. The van der Waals surface area contributed by atoms with Crippen LogP contribution in [-0.4, -0.2) is 18.6 Å². The van der Waals surface area contributed by atoms with Crippen molar-refractivity contribution in [3.63, 3.8) is 0 Å². The van der Waals surface area contributed by atoms with Crippen LogP contribution in [-0.2, 0) is 9.84 Å². The second-order valence-corrected chi connectivity index (χ2v) is 9.77. The fourth-order valence-electron chi connectivity index (χ4n) is 3.72. The Hall–Kier alpha value is -2.40. The first-order valence-corrected chi connectivity index (χ1v) is 11.9. The molecule has 3 aromatic rings. The van der Waals surface area contributed by atoms with E-state index in [-0.39, 0.29) is 0 Å². The molecule has 0 bridgehead atoms. The van der Waals surface area contributed by atoms with E-state index < -0.39 is 15.1 Å². The van der Waals surface area contributed by atoms with E-state index in [4.69, 9.17) is 0 Å². The number of fused-ring (bicyclic) bond motifs is 1. The number of benzene rings is 2. The van der Waals surface area contributed by atoms with Gasteiger partial charge in [0.15, 0.2) is 9.84 Å². The zero-order valence-corrected chi connectivity index (χ0v) is 17.9. The van der Waals surface area contributed by atoms with Crippen molar-refractivity contribution in [3.8, 4) is 0 Å². The highest BCUT2D eigenvalue weighted by atomic mass is 32.2. The van der Waals surface area contributed by atoms with E-state index in [2.05, 4.69) is 16.8 Å². The molecule has 0 aliphatic carbocycles. The number of hydrogen-bond acceptors (Lipinski definition) is 3. The highest BCUT2D eigenvalue weighted by Gasteiger charge is 2.31. The van der Waals surface area contributed by atoms with Gasteiger partial charge in [-0.2, -0.15) is 5.10 Å². The van der Waals surface area contributed by atoms with Crippen molar-refractivity contribution in [3.05, 3.63) is 72.4 Å². The normalized spacial score (nSPS) is 12.9. The number of aryl methyl sites for hydroxylation is 1. The summed E-state index contributed by atoms with van der Waals surface area (Å²) in [5.74, 6) is 0. The van der Waals surface area contributed by atoms with Gasteiger partial charge in [0, 0.05) is 5.39 Å². The van der Waals surface area contributed by atoms with Crippen LogP contribution >= 0.6 is 0 Å². The van der Waals surface area contributed by atoms with Gasteiger partial charge in [-0.25, -0.2) is 8.42 Å². The third kappa shape index (κ3) is 5.15. The van der Waals surface area contributed by atoms with Crippen LogP contribution < -0.4 is 0 Å². The molecule has 0 saturated carbocycles. The van der Waals surface area contributed by atoms with Gasteiger partial charge < -0.3 is 0 Å². The lowest BCUT2D eigenvalue weighted by Gasteiger charge is -2.17. The van der Waals surface area contributed by atoms with Crippen LogP contribution in [0.1, 0.15) is 61.5 Å². The van der Waals surface area contributed by atoms with Crippen LogP contribution in [0.25, 0.3) is 10.9 Å². The zero-order valence-electron chi connectivity index (χ0n) is 17.1.